The fourth-order valence-corrected chi connectivity index (χ4v) is 2.25. The van der Waals surface area contributed by atoms with Gasteiger partial charge in [-0.05, 0) is 41.8 Å². The first-order chi connectivity index (χ1) is 11.2. The number of rotatable bonds is 8. The van der Waals surface area contributed by atoms with Crippen molar-refractivity contribution >= 4 is 5.91 Å². The van der Waals surface area contributed by atoms with Crippen LogP contribution in [0.4, 0.5) is 4.39 Å². The lowest BCUT2D eigenvalue weighted by atomic mass is 10.1. The standard InChI is InChI=1S/C19H22FNO2/c1-2-3-15-6-10-18(11-7-15)23-13-12-21-19(22)14-16-4-8-17(20)9-5-16/h4-11H,2-3,12-14H2,1H3,(H,21,22). The van der Waals surface area contributed by atoms with Crippen molar-refractivity contribution in [3.63, 3.8) is 0 Å². The summed E-state index contributed by atoms with van der Waals surface area (Å²) in [5.41, 5.74) is 2.09. The van der Waals surface area contributed by atoms with Gasteiger partial charge in [0.25, 0.3) is 0 Å². The van der Waals surface area contributed by atoms with Crippen LogP contribution in [-0.4, -0.2) is 19.1 Å². The predicted octanol–water partition coefficient (Wildman–Crippen LogP) is 3.52. The van der Waals surface area contributed by atoms with Gasteiger partial charge in [0.15, 0.2) is 0 Å². The van der Waals surface area contributed by atoms with E-state index in [1.165, 1.54) is 17.7 Å². The number of halogens is 1. The third kappa shape index (κ3) is 6.10. The predicted molar refractivity (Wildman–Crippen MR) is 89.0 cm³/mol. The second-order valence-electron chi connectivity index (χ2n) is 5.40. The van der Waals surface area contributed by atoms with Crippen molar-refractivity contribution in [2.45, 2.75) is 26.2 Å². The van der Waals surface area contributed by atoms with Gasteiger partial charge in [-0.25, -0.2) is 4.39 Å². The van der Waals surface area contributed by atoms with Gasteiger partial charge in [0.05, 0.1) is 13.0 Å². The van der Waals surface area contributed by atoms with Crippen LogP contribution < -0.4 is 10.1 Å². The third-order valence-corrected chi connectivity index (χ3v) is 3.43. The Morgan fingerprint density at radius 1 is 1.04 bits per heavy atom. The Morgan fingerprint density at radius 2 is 1.70 bits per heavy atom. The zero-order chi connectivity index (χ0) is 16.5. The normalized spacial score (nSPS) is 10.3. The molecule has 2 rings (SSSR count). The lowest BCUT2D eigenvalue weighted by Gasteiger charge is -2.08. The number of carbonyl (C=O) groups excluding carboxylic acids is 1. The van der Waals surface area contributed by atoms with Crippen LogP contribution in [0.5, 0.6) is 5.75 Å². The molecule has 4 heteroatoms. The van der Waals surface area contributed by atoms with Crippen molar-refractivity contribution in [1.82, 2.24) is 5.32 Å². The summed E-state index contributed by atoms with van der Waals surface area (Å²) >= 11 is 0. The van der Waals surface area contributed by atoms with E-state index in [-0.39, 0.29) is 18.1 Å². The Bertz CT molecular complexity index is 608. The zero-order valence-electron chi connectivity index (χ0n) is 13.3. The summed E-state index contributed by atoms with van der Waals surface area (Å²) in [6.45, 7) is 3.01. The average Bonchev–Trinajstić information content (AvgIpc) is 2.55. The van der Waals surface area contributed by atoms with Crippen LogP contribution in [-0.2, 0) is 17.6 Å². The second kappa shape index (κ2) is 8.93. The van der Waals surface area contributed by atoms with Crippen LogP contribution in [0.25, 0.3) is 0 Å². The van der Waals surface area contributed by atoms with Crippen molar-refractivity contribution in [3.8, 4) is 5.75 Å². The van der Waals surface area contributed by atoms with Crippen LogP contribution in [0.1, 0.15) is 24.5 Å². The molecule has 23 heavy (non-hydrogen) atoms. The third-order valence-electron chi connectivity index (χ3n) is 3.43. The first kappa shape index (κ1) is 17.0. The lowest BCUT2D eigenvalue weighted by molar-refractivity contribution is -0.120. The van der Waals surface area contributed by atoms with Crippen molar-refractivity contribution in [3.05, 3.63) is 65.5 Å². The highest BCUT2D eigenvalue weighted by atomic mass is 19.1. The Labute approximate surface area is 136 Å². The molecule has 0 unspecified atom stereocenters. The SMILES string of the molecule is CCCc1ccc(OCCNC(=O)Cc2ccc(F)cc2)cc1. The summed E-state index contributed by atoms with van der Waals surface area (Å²) in [5.74, 6) is 0.406. The molecule has 0 bridgehead atoms. The van der Waals surface area contributed by atoms with E-state index in [1.807, 2.05) is 12.1 Å². The Balaban J connectivity index is 1.66. The number of amides is 1. The van der Waals surface area contributed by atoms with Crippen LogP contribution >= 0.6 is 0 Å². The number of hydrogen-bond donors (Lipinski definition) is 1. The van der Waals surface area contributed by atoms with Gasteiger partial charge >= 0.3 is 0 Å². The van der Waals surface area contributed by atoms with Crippen molar-refractivity contribution in [2.24, 2.45) is 0 Å². The molecule has 0 atom stereocenters. The maximum atomic E-state index is 12.8. The van der Waals surface area contributed by atoms with E-state index in [4.69, 9.17) is 4.74 Å². The second-order valence-corrected chi connectivity index (χ2v) is 5.40. The maximum absolute atomic E-state index is 12.8. The molecule has 1 amide bonds. The maximum Gasteiger partial charge on any atom is 0.224 e. The van der Waals surface area contributed by atoms with Gasteiger partial charge in [0.2, 0.25) is 5.91 Å². The number of hydrogen-bond acceptors (Lipinski definition) is 2. The molecule has 0 aliphatic heterocycles. The number of aryl methyl sites for hydroxylation is 1. The van der Waals surface area contributed by atoms with Gasteiger partial charge in [-0.15, -0.1) is 0 Å². The topological polar surface area (TPSA) is 38.3 Å². The van der Waals surface area contributed by atoms with Crippen molar-refractivity contribution < 1.29 is 13.9 Å². The van der Waals surface area contributed by atoms with Gasteiger partial charge in [0.1, 0.15) is 18.2 Å². The smallest absolute Gasteiger partial charge is 0.224 e. The fraction of sp³-hybridized carbons (Fsp3) is 0.316. The van der Waals surface area contributed by atoms with Gasteiger partial charge in [-0.1, -0.05) is 37.6 Å². The summed E-state index contributed by atoms with van der Waals surface area (Å²) < 4.78 is 18.4. The molecule has 2 aromatic rings. The first-order valence-corrected chi connectivity index (χ1v) is 7.90. The van der Waals surface area contributed by atoms with Crippen LogP contribution in [0.15, 0.2) is 48.5 Å². The molecule has 0 spiro atoms. The van der Waals surface area contributed by atoms with E-state index in [9.17, 15) is 9.18 Å². The molecule has 0 aliphatic carbocycles. The van der Waals surface area contributed by atoms with Gasteiger partial charge in [-0.2, -0.15) is 0 Å². The highest BCUT2D eigenvalue weighted by Gasteiger charge is 2.03. The fourth-order valence-electron chi connectivity index (χ4n) is 2.25. The monoisotopic (exact) mass is 315 g/mol. The van der Waals surface area contributed by atoms with Crippen LogP contribution in [0.3, 0.4) is 0 Å². The van der Waals surface area contributed by atoms with E-state index in [0.29, 0.717) is 13.2 Å². The molecular formula is C19H22FNO2. The average molecular weight is 315 g/mol. The summed E-state index contributed by atoms with van der Waals surface area (Å²) in [6.07, 6.45) is 2.44. The molecule has 0 fully saturated rings. The van der Waals surface area contributed by atoms with E-state index >= 15 is 0 Å². The van der Waals surface area contributed by atoms with Crippen LogP contribution in [0, 0.1) is 5.82 Å². The van der Waals surface area contributed by atoms with E-state index < -0.39 is 0 Å². The van der Waals surface area contributed by atoms with E-state index in [0.717, 1.165) is 24.2 Å². The van der Waals surface area contributed by atoms with Gasteiger partial charge in [-0.3, -0.25) is 4.79 Å². The molecule has 0 saturated heterocycles. The molecule has 122 valence electrons. The summed E-state index contributed by atoms with van der Waals surface area (Å²) in [7, 11) is 0. The number of ether oxygens (including phenoxy) is 1. The minimum absolute atomic E-state index is 0.0986. The van der Waals surface area contributed by atoms with Crippen LogP contribution in [0.2, 0.25) is 0 Å². The van der Waals surface area contributed by atoms with Crippen molar-refractivity contribution in [2.75, 3.05) is 13.2 Å². The largest absolute Gasteiger partial charge is 0.492 e. The molecule has 1 N–H and O–H groups in total. The van der Waals surface area contributed by atoms with E-state index in [2.05, 4.69) is 24.4 Å². The first-order valence-electron chi connectivity index (χ1n) is 7.90. The minimum atomic E-state index is -0.299. The summed E-state index contributed by atoms with van der Waals surface area (Å²) in [6, 6.07) is 14.0. The highest BCUT2D eigenvalue weighted by molar-refractivity contribution is 5.78. The molecular weight excluding hydrogens is 293 g/mol. The van der Waals surface area contributed by atoms with Crippen molar-refractivity contribution in [1.29, 1.82) is 0 Å². The van der Waals surface area contributed by atoms with E-state index in [1.54, 1.807) is 12.1 Å². The Morgan fingerprint density at radius 3 is 2.35 bits per heavy atom. The minimum Gasteiger partial charge on any atom is -0.492 e. The molecule has 2 aromatic carbocycles. The lowest BCUT2D eigenvalue weighted by Crippen LogP contribution is -2.29. The summed E-state index contributed by atoms with van der Waals surface area (Å²) in [5, 5.41) is 2.79. The molecule has 0 saturated carbocycles. The summed E-state index contributed by atoms with van der Waals surface area (Å²) in [4.78, 5) is 11.8. The Kier molecular flexibility index (Phi) is 6.60. The molecule has 0 aromatic heterocycles. The Hall–Kier alpha value is -2.36. The molecule has 0 aliphatic rings. The zero-order valence-corrected chi connectivity index (χ0v) is 13.3. The highest BCUT2D eigenvalue weighted by Crippen LogP contribution is 2.13. The number of benzene rings is 2. The molecule has 0 heterocycles. The quantitative estimate of drug-likeness (QED) is 0.757. The molecule has 0 radical (unpaired) electrons. The van der Waals surface area contributed by atoms with Gasteiger partial charge in [0, 0.05) is 0 Å². The molecule has 3 nitrogen and oxygen atoms in total. The number of carbonyl (C=O) groups is 1. The van der Waals surface area contributed by atoms with Gasteiger partial charge < -0.3 is 10.1 Å². The number of nitrogens with one attached hydrogen (secondary N) is 1.